The fourth-order valence-corrected chi connectivity index (χ4v) is 3.19. The summed E-state index contributed by atoms with van der Waals surface area (Å²) in [4.78, 5) is 16.7. The number of hydrogen-bond donors (Lipinski definition) is 1. The molecule has 1 aliphatic rings. The number of hydrogen-bond acceptors (Lipinski definition) is 3. The minimum absolute atomic E-state index is 0.00386. The summed E-state index contributed by atoms with van der Waals surface area (Å²) in [5.41, 5.74) is 4.02. The van der Waals surface area contributed by atoms with Crippen LogP contribution in [0, 0.1) is 19.8 Å². The molecular weight excluding hydrogens is 288 g/mol. The molecule has 1 aromatic heterocycles. The summed E-state index contributed by atoms with van der Waals surface area (Å²) in [6, 6.07) is 10.0. The molecule has 0 spiro atoms. The molecule has 1 aliphatic heterocycles. The van der Waals surface area contributed by atoms with Crippen LogP contribution in [0.25, 0.3) is 0 Å². The van der Waals surface area contributed by atoms with E-state index in [1.54, 1.807) is 12.4 Å². The zero-order valence-electron chi connectivity index (χ0n) is 13.6. The van der Waals surface area contributed by atoms with Crippen molar-refractivity contribution in [3.8, 4) is 0 Å². The van der Waals surface area contributed by atoms with Crippen molar-refractivity contribution in [1.29, 1.82) is 0 Å². The van der Waals surface area contributed by atoms with E-state index in [0.29, 0.717) is 19.1 Å². The van der Waals surface area contributed by atoms with Gasteiger partial charge in [0, 0.05) is 23.9 Å². The van der Waals surface area contributed by atoms with Crippen molar-refractivity contribution in [2.75, 3.05) is 13.2 Å². The van der Waals surface area contributed by atoms with E-state index < -0.39 is 0 Å². The van der Waals surface area contributed by atoms with E-state index in [9.17, 15) is 4.79 Å². The molecule has 3 rings (SSSR count). The van der Waals surface area contributed by atoms with Gasteiger partial charge in [-0.3, -0.25) is 9.78 Å². The van der Waals surface area contributed by atoms with Gasteiger partial charge in [0.05, 0.1) is 19.3 Å². The van der Waals surface area contributed by atoms with Gasteiger partial charge in [-0.15, -0.1) is 0 Å². The monoisotopic (exact) mass is 310 g/mol. The Bertz CT molecular complexity index is 665. The van der Waals surface area contributed by atoms with Gasteiger partial charge in [0.15, 0.2) is 0 Å². The maximum absolute atomic E-state index is 12.7. The van der Waals surface area contributed by atoms with Crippen LogP contribution in [0.2, 0.25) is 0 Å². The van der Waals surface area contributed by atoms with Gasteiger partial charge >= 0.3 is 0 Å². The molecule has 2 unspecified atom stereocenters. The van der Waals surface area contributed by atoms with Crippen LogP contribution in [0.15, 0.2) is 42.7 Å². The number of benzene rings is 1. The summed E-state index contributed by atoms with van der Waals surface area (Å²) in [5, 5.41) is 3.17. The number of rotatable bonds is 4. The van der Waals surface area contributed by atoms with E-state index in [0.717, 1.165) is 23.1 Å². The molecular formula is C19H22N2O2. The van der Waals surface area contributed by atoms with E-state index in [1.807, 2.05) is 44.2 Å². The number of nitrogens with zero attached hydrogens (tertiary/aromatic N) is 1. The fraction of sp³-hybridized carbons (Fsp3) is 0.368. The first-order chi connectivity index (χ1) is 11.1. The highest BCUT2D eigenvalue weighted by Crippen LogP contribution is 2.20. The number of aryl methyl sites for hydroxylation is 2. The molecule has 1 saturated heterocycles. The summed E-state index contributed by atoms with van der Waals surface area (Å²) < 4.78 is 5.61. The van der Waals surface area contributed by atoms with E-state index in [1.165, 1.54) is 5.56 Å². The topological polar surface area (TPSA) is 51.2 Å². The molecule has 0 aliphatic carbocycles. The lowest BCUT2D eigenvalue weighted by Gasteiger charge is -2.20. The van der Waals surface area contributed by atoms with Crippen molar-refractivity contribution in [2.45, 2.75) is 26.3 Å². The second kappa shape index (κ2) is 6.92. The highest BCUT2D eigenvalue weighted by atomic mass is 16.5. The molecule has 0 radical (unpaired) electrons. The lowest BCUT2D eigenvalue weighted by atomic mass is 9.94. The molecule has 1 fully saturated rings. The Morgan fingerprint density at radius 1 is 1.17 bits per heavy atom. The largest absolute Gasteiger partial charge is 0.379 e. The third kappa shape index (κ3) is 3.59. The summed E-state index contributed by atoms with van der Waals surface area (Å²) in [5.74, 6) is 0.293. The van der Waals surface area contributed by atoms with Crippen molar-refractivity contribution in [2.24, 2.45) is 5.92 Å². The molecule has 1 amide bonds. The Balaban J connectivity index is 1.70. The standard InChI is InChI=1S/C19H22N2O2/c1-13-4-3-5-14(2)18(13)19(22)21-17-12-23-11-16(17)10-15-6-8-20-9-7-15/h3-9,16-17H,10-12H2,1-2H3,(H,21,22). The van der Waals surface area contributed by atoms with Crippen LogP contribution in [-0.2, 0) is 11.2 Å². The zero-order chi connectivity index (χ0) is 16.2. The van der Waals surface area contributed by atoms with Crippen molar-refractivity contribution in [3.63, 3.8) is 0 Å². The first-order valence-electron chi connectivity index (χ1n) is 7.99. The lowest BCUT2D eigenvalue weighted by Crippen LogP contribution is -2.41. The second-order valence-corrected chi connectivity index (χ2v) is 6.20. The third-order valence-corrected chi connectivity index (χ3v) is 4.47. The quantitative estimate of drug-likeness (QED) is 0.944. The zero-order valence-corrected chi connectivity index (χ0v) is 13.6. The van der Waals surface area contributed by atoms with Crippen molar-refractivity contribution < 1.29 is 9.53 Å². The number of nitrogens with one attached hydrogen (secondary N) is 1. The van der Waals surface area contributed by atoms with E-state index in [4.69, 9.17) is 4.74 Å². The van der Waals surface area contributed by atoms with Crippen LogP contribution >= 0.6 is 0 Å². The Labute approximate surface area is 136 Å². The van der Waals surface area contributed by atoms with Crippen LogP contribution < -0.4 is 5.32 Å². The maximum atomic E-state index is 12.7. The average Bonchev–Trinajstić information content (AvgIpc) is 2.95. The van der Waals surface area contributed by atoms with E-state index >= 15 is 0 Å². The Hall–Kier alpha value is -2.20. The van der Waals surface area contributed by atoms with Crippen molar-refractivity contribution in [1.82, 2.24) is 10.3 Å². The molecule has 1 N–H and O–H groups in total. The molecule has 1 aromatic carbocycles. The predicted molar refractivity (Wildman–Crippen MR) is 89.4 cm³/mol. The first-order valence-corrected chi connectivity index (χ1v) is 7.99. The molecule has 2 atom stereocenters. The highest BCUT2D eigenvalue weighted by molar-refractivity contribution is 5.97. The van der Waals surface area contributed by atoms with Gasteiger partial charge in [-0.2, -0.15) is 0 Å². The van der Waals surface area contributed by atoms with Gasteiger partial charge in [0.1, 0.15) is 0 Å². The SMILES string of the molecule is Cc1cccc(C)c1C(=O)NC1COCC1Cc1ccncc1. The van der Waals surface area contributed by atoms with E-state index in [2.05, 4.69) is 10.3 Å². The third-order valence-electron chi connectivity index (χ3n) is 4.47. The van der Waals surface area contributed by atoms with Gasteiger partial charge in [-0.1, -0.05) is 18.2 Å². The van der Waals surface area contributed by atoms with Crippen LogP contribution in [0.1, 0.15) is 27.0 Å². The van der Waals surface area contributed by atoms with Gasteiger partial charge in [-0.25, -0.2) is 0 Å². The van der Waals surface area contributed by atoms with Crippen molar-refractivity contribution in [3.05, 3.63) is 65.0 Å². The molecule has 4 nitrogen and oxygen atoms in total. The predicted octanol–water partition coefficient (Wildman–Crippen LogP) is 2.69. The lowest BCUT2D eigenvalue weighted by molar-refractivity contribution is 0.0924. The van der Waals surface area contributed by atoms with Gasteiger partial charge in [0.2, 0.25) is 0 Å². The van der Waals surface area contributed by atoms with Gasteiger partial charge < -0.3 is 10.1 Å². The minimum Gasteiger partial charge on any atom is -0.379 e. The minimum atomic E-state index is -0.00386. The first kappa shape index (κ1) is 15.7. The second-order valence-electron chi connectivity index (χ2n) is 6.20. The highest BCUT2D eigenvalue weighted by Gasteiger charge is 2.30. The summed E-state index contributed by atoms with van der Waals surface area (Å²) in [6.45, 7) is 5.20. The molecule has 120 valence electrons. The Kier molecular flexibility index (Phi) is 4.72. The summed E-state index contributed by atoms with van der Waals surface area (Å²) in [6.07, 6.45) is 4.49. The fourth-order valence-electron chi connectivity index (χ4n) is 3.19. The van der Waals surface area contributed by atoms with Crippen LogP contribution in [0.3, 0.4) is 0 Å². The molecule has 2 aromatic rings. The van der Waals surface area contributed by atoms with Crippen LogP contribution in [-0.4, -0.2) is 30.1 Å². The summed E-state index contributed by atoms with van der Waals surface area (Å²) in [7, 11) is 0. The van der Waals surface area contributed by atoms with Crippen LogP contribution in [0.4, 0.5) is 0 Å². The van der Waals surface area contributed by atoms with Gasteiger partial charge in [0.25, 0.3) is 5.91 Å². The molecule has 0 bridgehead atoms. The Morgan fingerprint density at radius 2 is 1.87 bits per heavy atom. The number of amides is 1. The summed E-state index contributed by atoms with van der Waals surface area (Å²) >= 11 is 0. The normalized spacial score (nSPS) is 20.4. The van der Waals surface area contributed by atoms with Crippen molar-refractivity contribution >= 4 is 5.91 Å². The van der Waals surface area contributed by atoms with Gasteiger partial charge in [-0.05, 0) is 49.1 Å². The van der Waals surface area contributed by atoms with Crippen LogP contribution in [0.5, 0.6) is 0 Å². The number of pyridine rings is 1. The Morgan fingerprint density at radius 3 is 2.57 bits per heavy atom. The number of ether oxygens (including phenoxy) is 1. The molecule has 0 saturated carbocycles. The number of carbonyl (C=O) groups excluding carboxylic acids is 1. The average molecular weight is 310 g/mol. The number of aromatic nitrogens is 1. The molecule has 23 heavy (non-hydrogen) atoms. The smallest absolute Gasteiger partial charge is 0.252 e. The molecule has 2 heterocycles. The maximum Gasteiger partial charge on any atom is 0.252 e. The van der Waals surface area contributed by atoms with E-state index in [-0.39, 0.29) is 11.9 Å². The molecule has 4 heteroatoms. The number of carbonyl (C=O) groups is 1.